The average molecular weight is 252 g/mol. The normalized spacial score (nSPS) is 17.5. The average Bonchev–Trinajstić information content (AvgIpc) is 2.85. The second kappa shape index (κ2) is 6.85. The first-order valence-corrected chi connectivity index (χ1v) is 7.09. The summed E-state index contributed by atoms with van der Waals surface area (Å²) < 4.78 is 5.32. The van der Waals surface area contributed by atoms with Crippen molar-refractivity contribution < 1.29 is 4.52 Å². The molecule has 5 nitrogen and oxygen atoms in total. The monoisotopic (exact) mass is 252 g/mol. The van der Waals surface area contributed by atoms with Gasteiger partial charge in [-0.05, 0) is 38.9 Å². The van der Waals surface area contributed by atoms with Gasteiger partial charge in [0, 0.05) is 12.5 Å². The maximum Gasteiger partial charge on any atom is 0.240 e. The quantitative estimate of drug-likeness (QED) is 0.833. The highest BCUT2D eigenvalue weighted by Crippen LogP contribution is 2.14. The first-order chi connectivity index (χ1) is 8.83. The predicted octanol–water partition coefficient (Wildman–Crippen LogP) is 1.60. The molecule has 102 valence electrons. The smallest absolute Gasteiger partial charge is 0.240 e. The highest BCUT2D eigenvalue weighted by atomic mass is 16.5. The maximum atomic E-state index is 5.32. The van der Waals surface area contributed by atoms with E-state index in [4.69, 9.17) is 4.52 Å². The largest absolute Gasteiger partial charge is 0.338 e. The van der Waals surface area contributed by atoms with E-state index in [1.807, 2.05) is 0 Å². The molecule has 0 spiro atoms. The molecule has 1 aliphatic heterocycles. The van der Waals surface area contributed by atoms with Crippen molar-refractivity contribution in [2.45, 2.75) is 52.1 Å². The molecule has 1 aromatic heterocycles. The summed E-state index contributed by atoms with van der Waals surface area (Å²) in [6, 6.07) is 0.651. The van der Waals surface area contributed by atoms with Crippen LogP contribution >= 0.6 is 0 Å². The van der Waals surface area contributed by atoms with Crippen molar-refractivity contribution in [1.29, 1.82) is 0 Å². The van der Waals surface area contributed by atoms with Crippen molar-refractivity contribution in [3.05, 3.63) is 11.7 Å². The number of nitrogens with zero attached hydrogens (tertiary/aromatic N) is 3. The van der Waals surface area contributed by atoms with Crippen LogP contribution in [0.3, 0.4) is 0 Å². The van der Waals surface area contributed by atoms with E-state index in [1.165, 1.54) is 12.8 Å². The van der Waals surface area contributed by atoms with E-state index >= 15 is 0 Å². The number of aromatic nitrogens is 2. The van der Waals surface area contributed by atoms with Gasteiger partial charge in [-0.3, -0.25) is 4.90 Å². The second-order valence-electron chi connectivity index (χ2n) is 4.90. The molecule has 0 aromatic carbocycles. The van der Waals surface area contributed by atoms with Gasteiger partial charge in [0.05, 0.1) is 6.54 Å². The molecule has 2 rings (SSSR count). The lowest BCUT2D eigenvalue weighted by atomic mass is 10.0. The fourth-order valence-electron chi connectivity index (χ4n) is 2.52. The molecular weight excluding hydrogens is 228 g/mol. The molecule has 1 aromatic rings. The summed E-state index contributed by atoms with van der Waals surface area (Å²) in [6.07, 6.45) is 4.39. The van der Waals surface area contributed by atoms with Gasteiger partial charge in [-0.25, -0.2) is 0 Å². The van der Waals surface area contributed by atoms with E-state index in [9.17, 15) is 0 Å². The third-order valence-electron chi connectivity index (χ3n) is 3.55. The number of hydrogen-bond donors (Lipinski definition) is 1. The van der Waals surface area contributed by atoms with Crippen LogP contribution in [0.4, 0.5) is 0 Å². The first-order valence-electron chi connectivity index (χ1n) is 7.09. The molecule has 0 saturated carbocycles. The lowest BCUT2D eigenvalue weighted by molar-refractivity contribution is 0.144. The molecule has 5 heteroatoms. The fraction of sp³-hybridized carbons (Fsp3) is 0.846. The summed E-state index contributed by atoms with van der Waals surface area (Å²) in [5.41, 5.74) is 0. The van der Waals surface area contributed by atoms with Crippen molar-refractivity contribution in [1.82, 2.24) is 20.4 Å². The summed E-state index contributed by atoms with van der Waals surface area (Å²) in [7, 11) is 0. The molecule has 1 N–H and O–H groups in total. The van der Waals surface area contributed by atoms with E-state index in [1.54, 1.807) is 0 Å². The molecule has 0 aliphatic carbocycles. The van der Waals surface area contributed by atoms with Crippen LogP contribution in [0, 0.1) is 0 Å². The minimum Gasteiger partial charge on any atom is -0.338 e. The Labute approximate surface area is 109 Å². The van der Waals surface area contributed by atoms with E-state index in [0.717, 1.165) is 50.7 Å². The summed E-state index contributed by atoms with van der Waals surface area (Å²) in [5.74, 6) is 1.60. The standard InChI is InChI=1S/C13H24N4O/c1-3-5-12-15-13(18-16-12)10-17(4-2)11-6-8-14-9-7-11/h11,14H,3-10H2,1-2H3. The maximum absolute atomic E-state index is 5.32. The molecule has 0 unspecified atom stereocenters. The van der Waals surface area contributed by atoms with Crippen molar-refractivity contribution >= 4 is 0 Å². The zero-order chi connectivity index (χ0) is 12.8. The number of aryl methyl sites for hydroxylation is 1. The molecule has 1 aliphatic rings. The highest BCUT2D eigenvalue weighted by Gasteiger charge is 2.21. The van der Waals surface area contributed by atoms with Crippen LogP contribution in [-0.4, -0.2) is 40.7 Å². The molecule has 2 heterocycles. The van der Waals surface area contributed by atoms with Gasteiger partial charge in [0.2, 0.25) is 5.89 Å². The van der Waals surface area contributed by atoms with E-state index in [-0.39, 0.29) is 0 Å². The zero-order valence-corrected chi connectivity index (χ0v) is 11.5. The van der Waals surface area contributed by atoms with Gasteiger partial charge in [0.25, 0.3) is 0 Å². The van der Waals surface area contributed by atoms with Gasteiger partial charge in [-0.15, -0.1) is 0 Å². The van der Waals surface area contributed by atoms with E-state index in [2.05, 4.69) is 34.2 Å². The minimum atomic E-state index is 0.651. The van der Waals surface area contributed by atoms with Gasteiger partial charge < -0.3 is 9.84 Å². The Kier molecular flexibility index (Phi) is 5.13. The van der Waals surface area contributed by atoms with Crippen molar-refractivity contribution in [3.8, 4) is 0 Å². The topological polar surface area (TPSA) is 54.2 Å². The van der Waals surface area contributed by atoms with Gasteiger partial charge >= 0.3 is 0 Å². The Morgan fingerprint density at radius 1 is 1.33 bits per heavy atom. The third-order valence-corrected chi connectivity index (χ3v) is 3.55. The van der Waals surface area contributed by atoms with Crippen LogP contribution < -0.4 is 5.32 Å². The number of rotatable bonds is 6. The van der Waals surface area contributed by atoms with Crippen molar-refractivity contribution in [2.24, 2.45) is 0 Å². The van der Waals surface area contributed by atoms with Gasteiger partial charge in [-0.2, -0.15) is 4.98 Å². The summed E-state index contributed by atoms with van der Waals surface area (Å²) in [5, 5.41) is 7.41. The Bertz CT molecular complexity index is 347. The molecular formula is C13H24N4O. The zero-order valence-electron chi connectivity index (χ0n) is 11.5. The van der Waals surface area contributed by atoms with Crippen LogP contribution in [0.15, 0.2) is 4.52 Å². The Hall–Kier alpha value is -0.940. The van der Waals surface area contributed by atoms with Crippen LogP contribution in [0.25, 0.3) is 0 Å². The molecule has 0 atom stereocenters. The van der Waals surface area contributed by atoms with Crippen LogP contribution in [0.1, 0.15) is 44.8 Å². The van der Waals surface area contributed by atoms with E-state index in [0.29, 0.717) is 6.04 Å². The molecule has 0 radical (unpaired) electrons. The van der Waals surface area contributed by atoms with Gasteiger partial charge in [0.15, 0.2) is 5.82 Å². The highest BCUT2D eigenvalue weighted by molar-refractivity contribution is 4.88. The van der Waals surface area contributed by atoms with Gasteiger partial charge in [-0.1, -0.05) is 19.0 Å². The summed E-state index contributed by atoms with van der Waals surface area (Å²) in [6.45, 7) is 8.39. The second-order valence-corrected chi connectivity index (χ2v) is 4.90. The SMILES string of the molecule is CCCc1noc(CN(CC)C2CCNCC2)n1. The van der Waals surface area contributed by atoms with Crippen molar-refractivity contribution in [2.75, 3.05) is 19.6 Å². The predicted molar refractivity (Wildman–Crippen MR) is 70.3 cm³/mol. The number of nitrogens with one attached hydrogen (secondary N) is 1. The lowest BCUT2D eigenvalue weighted by Gasteiger charge is -2.32. The lowest BCUT2D eigenvalue weighted by Crippen LogP contribution is -2.42. The fourth-order valence-corrected chi connectivity index (χ4v) is 2.52. The van der Waals surface area contributed by atoms with Crippen LogP contribution in [0.5, 0.6) is 0 Å². The van der Waals surface area contributed by atoms with Gasteiger partial charge in [0.1, 0.15) is 0 Å². The Morgan fingerprint density at radius 3 is 2.78 bits per heavy atom. The van der Waals surface area contributed by atoms with Crippen LogP contribution in [-0.2, 0) is 13.0 Å². The third kappa shape index (κ3) is 3.53. The summed E-state index contributed by atoms with van der Waals surface area (Å²) in [4.78, 5) is 6.90. The number of hydrogen-bond acceptors (Lipinski definition) is 5. The molecule has 0 bridgehead atoms. The van der Waals surface area contributed by atoms with Crippen LogP contribution in [0.2, 0.25) is 0 Å². The molecule has 1 fully saturated rings. The van der Waals surface area contributed by atoms with E-state index < -0.39 is 0 Å². The minimum absolute atomic E-state index is 0.651. The first kappa shape index (κ1) is 13.5. The molecule has 0 amide bonds. The number of piperidine rings is 1. The molecule has 1 saturated heterocycles. The Morgan fingerprint density at radius 2 is 2.11 bits per heavy atom. The summed E-state index contributed by atoms with van der Waals surface area (Å²) >= 11 is 0. The Balaban J connectivity index is 1.91. The molecule has 18 heavy (non-hydrogen) atoms. The van der Waals surface area contributed by atoms with Crippen molar-refractivity contribution in [3.63, 3.8) is 0 Å².